The summed E-state index contributed by atoms with van der Waals surface area (Å²) in [4.78, 5) is 25.8. The number of carbonyl (C=O) groups excluding carboxylic acids is 1. The molecule has 3 N–H and O–H groups in total. The molecule has 2 aromatic rings. The van der Waals surface area contributed by atoms with Crippen LogP contribution >= 0.6 is 0 Å². The molecule has 7 nitrogen and oxygen atoms in total. The van der Waals surface area contributed by atoms with Crippen LogP contribution in [0, 0.1) is 0 Å². The predicted octanol–water partition coefficient (Wildman–Crippen LogP) is 5.98. The van der Waals surface area contributed by atoms with Gasteiger partial charge in [0.05, 0.1) is 6.54 Å². The number of halogens is 3. The Labute approximate surface area is 230 Å². The molecule has 0 spiro atoms. The van der Waals surface area contributed by atoms with Gasteiger partial charge in [0.25, 0.3) is 0 Å². The molecule has 1 aliphatic heterocycles. The van der Waals surface area contributed by atoms with Crippen LogP contribution in [0.4, 0.5) is 13.2 Å². The zero-order valence-electron chi connectivity index (χ0n) is 24.3. The van der Waals surface area contributed by atoms with Crippen LogP contribution in [0.25, 0.3) is 0 Å². The highest BCUT2D eigenvalue weighted by atomic mass is 19.4. The van der Waals surface area contributed by atoms with Gasteiger partial charge in [0.1, 0.15) is 11.9 Å². The van der Waals surface area contributed by atoms with E-state index in [1.165, 1.54) is 24.7 Å². The van der Waals surface area contributed by atoms with Gasteiger partial charge in [-0.15, -0.1) is 13.2 Å². The molecule has 0 bridgehead atoms. The van der Waals surface area contributed by atoms with Crippen molar-refractivity contribution in [2.75, 3.05) is 27.2 Å². The maximum atomic E-state index is 12.6. The number of rotatable bonds is 6. The van der Waals surface area contributed by atoms with Crippen molar-refractivity contribution >= 4 is 11.9 Å². The second-order valence-electron chi connectivity index (χ2n) is 9.44. The maximum Gasteiger partial charge on any atom is 0.573 e. The summed E-state index contributed by atoms with van der Waals surface area (Å²) < 4.78 is 40.8. The zero-order chi connectivity index (χ0) is 30.4. The highest BCUT2D eigenvalue weighted by molar-refractivity contribution is 5.81. The van der Waals surface area contributed by atoms with Crippen LogP contribution in [0.5, 0.6) is 5.75 Å². The third-order valence-electron chi connectivity index (χ3n) is 5.59. The minimum atomic E-state index is -4.70. The molecule has 220 valence electrons. The number of alkyl halides is 3. The van der Waals surface area contributed by atoms with Gasteiger partial charge in [-0.25, -0.2) is 0 Å². The first-order valence-electron chi connectivity index (χ1n) is 13.0. The summed E-state index contributed by atoms with van der Waals surface area (Å²) in [6, 6.07) is 14.1. The van der Waals surface area contributed by atoms with E-state index in [4.69, 9.17) is 5.11 Å². The first-order chi connectivity index (χ1) is 18.2. The van der Waals surface area contributed by atoms with E-state index in [0.29, 0.717) is 19.5 Å². The molecule has 0 aromatic heterocycles. The highest BCUT2D eigenvalue weighted by Crippen LogP contribution is 2.32. The lowest BCUT2D eigenvalue weighted by atomic mass is 9.86. The summed E-state index contributed by atoms with van der Waals surface area (Å²) in [5, 5.41) is 7.72. The fourth-order valence-electron chi connectivity index (χ4n) is 3.71. The summed E-state index contributed by atoms with van der Waals surface area (Å²) in [6.07, 6.45) is -4.09. The summed E-state index contributed by atoms with van der Waals surface area (Å²) in [7, 11) is 3.42. The second kappa shape index (κ2) is 16.8. The van der Waals surface area contributed by atoms with E-state index in [-0.39, 0.29) is 29.7 Å². The van der Waals surface area contributed by atoms with Crippen LogP contribution < -0.4 is 10.5 Å². The molecule has 0 radical (unpaired) electrons. The molecule has 1 aliphatic rings. The third kappa shape index (κ3) is 12.5. The number of nitrogens with two attached hydrogens (primary N) is 1. The normalized spacial score (nSPS) is 15.2. The highest BCUT2D eigenvalue weighted by Gasteiger charge is 2.36. The zero-order valence-corrected chi connectivity index (χ0v) is 24.3. The quantitative estimate of drug-likeness (QED) is 0.455. The van der Waals surface area contributed by atoms with E-state index < -0.39 is 12.3 Å². The van der Waals surface area contributed by atoms with Crippen molar-refractivity contribution in [2.24, 2.45) is 5.73 Å². The second-order valence-corrected chi connectivity index (χ2v) is 9.44. The largest absolute Gasteiger partial charge is 0.573 e. The Bertz CT molecular complexity index is 989. The fraction of sp³-hybridized carbons (Fsp3) is 0.517. The van der Waals surface area contributed by atoms with Crippen molar-refractivity contribution in [3.8, 4) is 5.75 Å². The summed E-state index contributed by atoms with van der Waals surface area (Å²) in [6.45, 7) is 12.9. The van der Waals surface area contributed by atoms with Crippen LogP contribution in [0.1, 0.15) is 70.8 Å². The van der Waals surface area contributed by atoms with Crippen LogP contribution in [0.3, 0.4) is 0 Å². The number of benzene rings is 2. The topological polar surface area (TPSA) is 96.1 Å². The van der Waals surface area contributed by atoms with E-state index in [0.717, 1.165) is 11.1 Å². The molecule has 1 unspecified atom stereocenters. The van der Waals surface area contributed by atoms with Crippen LogP contribution in [0.15, 0.2) is 48.5 Å². The van der Waals surface area contributed by atoms with Gasteiger partial charge >= 0.3 is 12.3 Å². The maximum absolute atomic E-state index is 12.6. The molecule has 1 heterocycles. The van der Waals surface area contributed by atoms with E-state index >= 15 is 0 Å². The Morgan fingerprint density at radius 2 is 1.51 bits per heavy atom. The molecule has 10 heteroatoms. The third-order valence-corrected chi connectivity index (χ3v) is 5.59. The number of likely N-dealkylation sites (N-methyl/N-ethyl adjacent to an activating group) is 1. The van der Waals surface area contributed by atoms with Gasteiger partial charge in [-0.3, -0.25) is 14.5 Å². The number of carbonyl (C=O) groups is 2. The van der Waals surface area contributed by atoms with E-state index in [1.807, 2.05) is 30.7 Å². The number of ether oxygens (including phenoxy) is 1. The lowest BCUT2D eigenvalue weighted by Crippen LogP contribution is -2.32. The van der Waals surface area contributed by atoms with Gasteiger partial charge in [0, 0.05) is 13.0 Å². The smallest absolute Gasteiger partial charge is 0.481 e. The lowest BCUT2D eigenvalue weighted by molar-refractivity contribution is -0.274. The molecule has 1 fully saturated rings. The number of hydrogen-bond donors (Lipinski definition) is 2. The minimum absolute atomic E-state index is 0.0411. The summed E-state index contributed by atoms with van der Waals surface area (Å²) >= 11 is 0. The standard InChI is InChI=1S/C23H27F3N2O2.C3H6O2.C2H6.CH5N/c1-22(2,3)18-9-7-17(8-10-18)21-27(4)15-20(29)28(21)14-13-16-5-11-19(12-6-16)30-23(24,25)26;1-2-3(4)5;2*1-2/h5-12,21H,13-15H2,1-4H3;2H2,1H3,(H,4,5);1-2H3;2H2,1H3. The average Bonchev–Trinajstić information content (AvgIpc) is 3.17. The van der Waals surface area contributed by atoms with E-state index in [1.54, 1.807) is 19.1 Å². The molecule has 1 atom stereocenters. The number of carboxylic acid groups (broad SMARTS) is 1. The lowest BCUT2D eigenvalue weighted by Gasteiger charge is -2.29. The fourth-order valence-corrected chi connectivity index (χ4v) is 3.71. The van der Waals surface area contributed by atoms with Gasteiger partial charge in [-0.05, 0) is 54.8 Å². The first kappa shape index (κ1) is 35.9. The van der Waals surface area contributed by atoms with Crippen molar-refractivity contribution in [1.82, 2.24) is 9.80 Å². The van der Waals surface area contributed by atoms with Gasteiger partial charge < -0.3 is 20.5 Å². The Morgan fingerprint density at radius 1 is 1.03 bits per heavy atom. The molecule has 3 rings (SSSR count). The van der Waals surface area contributed by atoms with Crippen molar-refractivity contribution < 1.29 is 32.6 Å². The van der Waals surface area contributed by atoms with Crippen LogP contribution in [0.2, 0.25) is 0 Å². The molecule has 2 aromatic carbocycles. The molecule has 0 saturated carbocycles. The Morgan fingerprint density at radius 3 is 1.92 bits per heavy atom. The molecule has 39 heavy (non-hydrogen) atoms. The van der Waals surface area contributed by atoms with E-state index in [2.05, 4.69) is 55.5 Å². The molecule has 0 aliphatic carbocycles. The van der Waals surface area contributed by atoms with Crippen LogP contribution in [-0.2, 0) is 21.4 Å². The Hall–Kier alpha value is -3.11. The van der Waals surface area contributed by atoms with Crippen molar-refractivity contribution in [3.63, 3.8) is 0 Å². The van der Waals surface area contributed by atoms with Crippen molar-refractivity contribution in [3.05, 3.63) is 65.2 Å². The molecule has 1 saturated heterocycles. The summed E-state index contributed by atoms with van der Waals surface area (Å²) in [5.74, 6) is -0.954. The number of carboxylic acids is 1. The predicted molar refractivity (Wildman–Crippen MR) is 148 cm³/mol. The summed E-state index contributed by atoms with van der Waals surface area (Å²) in [5.41, 5.74) is 7.67. The molecular formula is C29H44F3N3O4. The minimum Gasteiger partial charge on any atom is -0.481 e. The monoisotopic (exact) mass is 555 g/mol. The van der Waals surface area contributed by atoms with Crippen LogP contribution in [-0.4, -0.2) is 60.3 Å². The first-order valence-corrected chi connectivity index (χ1v) is 13.0. The van der Waals surface area contributed by atoms with Crippen molar-refractivity contribution in [2.45, 2.75) is 72.3 Å². The Balaban J connectivity index is 0.00000142. The number of nitrogens with zero attached hydrogens (tertiary/aromatic N) is 2. The number of aliphatic carboxylic acids is 1. The SMILES string of the molecule is CC.CCC(=O)O.CN.CN1CC(=O)N(CCc2ccc(OC(F)(F)F)cc2)C1c1ccc(C(C)(C)C)cc1. The van der Waals surface area contributed by atoms with Gasteiger partial charge in [0.2, 0.25) is 5.91 Å². The number of amides is 1. The molecule has 1 amide bonds. The molecular weight excluding hydrogens is 511 g/mol. The van der Waals surface area contributed by atoms with Crippen molar-refractivity contribution in [1.29, 1.82) is 0 Å². The average molecular weight is 556 g/mol. The van der Waals surface area contributed by atoms with Gasteiger partial charge in [-0.2, -0.15) is 0 Å². The van der Waals surface area contributed by atoms with Gasteiger partial charge in [0.15, 0.2) is 0 Å². The Kier molecular flexibility index (Phi) is 15.4. The number of hydrogen-bond acceptors (Lipinski definition) is 5. The van der Waals surface area contributed by atoms with Gasteiger partial charge in [-0.1, -0.05) is 77.9 Å². The van der Waals surface area contributed by atoms with E-state index in [9.17, 15) is 22.8 Å².